The lowest BCUT2D eigenvalue weighted by molar-refractivity contribution is 1.04. The van der Waals surface area contributed by atoms with E-state index in [0.717, 1.165) is 11.1 Å². The van der Waals surface area contributed by atoms with E-state index in [1.807, 2.05) is 19.1 Å². The molecule has 14 heavy (non-hydrogen) atoms. The maximum atomic E-state index is 5.96. The van der Waals surface area contributed by atoms with Crippen molar-refractivity contribution >= 4 is 35.1 Å². The highest BCUT2D eigenvalue weighted by atomic mass is 35.5. The molecule has 0 amide bonds. The van der Waals surface area contributed by atoms with E-state index in [-0.39, 0.29) is 5.11 Å². The van der Waals surface area contributed by atoms with Gasteiger partial charge in [-0.1, -0.05) is 23.7 Å². The summed E-state index contributed by atoms with van der Waals surface area (Å²) in [6, 6.07) is 5.64. The van der Waals surface area contributed by atoms with Gasteiger partial charge in [0.2, 0.25) is 0 Å². The minimum absolute atomic E-state index is 0.131. The SMILES string of the molecule is Cc1cccc(Cl)c1/C=N\NC(N)=S. The van der Waals surface area contributed by atoms with Gasteiger partial charge in [0.1, 0.15) is 0 Å². The van der Waals surface area contributed by atoms with Crippen molar-refractivity contribution in [2.24, 2.45) is 10.8 Å². The first-order valence-electron chi connectivity index (χ1n) is 3.95. The molecule has 74 valence electrons. The van der Waals surface area contributed by atoms with Crippen LogP contribution in [-0.2, 0) is 0 Å². The summed E-state index contributed by atoms with van der Waals surface area (Å²) in [4.78, 5) is 0. The number of nitrogens with zero attached hydrogens (tertiary/aromatic N) is 1. The first-order valence-corrected chi connectivity index (χ1v) is 4.73. The molecule has 0 bridgehead atoms. The molecule has 0 aliphatic carbocycles. The monoisotopic (exact) mass is 227 g/mol. The van der Waals surface area contributed by atoms with Crippen molar-refractivity contribution in [3.05, 3.63) is 34.3 Å². The van der Waals surface area contributed by atoms with E-state index in [9.17, 15) is 0 Å². The molecule has 0 saturated carbocycles. The lowest BCUT2D eigenvalue weighted by Crippen LogP contribution is -2.24. The van der Waals surface area contributed by atoms with Crippen molar-refractivity contribution in [2.45, 2.75) is 6.92 Å². The predicted octanol–water partition coefficient (Wildman–Crippen LogP) is 1.82. The summed E-state index contributed by atoms with van der Waals surface area (Å²) in [5.74, 6) is 0. The topological polar surface area (TPSA) is 50.4 Å². The molecule has 0 aliphatic heterocycles. The Labute approximate surface area is 92.9 Å². The Hall–Kier alpha value is -1.13. The molecule has 0 aromatic heterocycles. The molecule has 1 rings (SSSR count). The molecule has 0 fully saturated rings. The largest absolute Gasteiger partial charge is 0.375 e. The molecule has 0 atom stereocenters. The van der Waals surface area contributed by atoms with E-state index in [4.69, 9.17) is 17.3 Å². The van der Waals surface area contributed by atoms with Gasteiger partial charge in [0.05, 0.1) is 6.21 Å². The Morgan fingerprint density at radius 2 is 2.36 bits per heavy atom. The van der Waals surface area contributed by atoms with E-state index in [1.54, 1.807) is 12.3 Å². The first kappa shape index (κ1) is 10.9. The zero-order valence-corrected chi connectivity index (χ0v) is 9.19. The van der Waals surface area contributed by atoms with Gasteiger partial charge < -0.3 is 5.73 Å². The van der Waals surface area contributed by atoms with Crippen molar-refractivity contribution in [2.75, 3.05) is 0 Å². The second-order valence-electron chi connectivity index (χ2n) is 2.70. The second-order valence-corrected chi connectivity index (χ2v) is 3.55. The summed E-state index contributed by atoms with van der Waals surface area (Å²) in [6.45, 7) is 1.95. The van der Waals surface area contributed by atoms with Crippen molar-refractivity contribution in [1.29, 1.82) is 0 Å². The van der Waals surface area contributed by atoms with Crippen molar-refractivity contribution in [3.8, 4) is 0 Å². The Kier molecular flexibility index (Phi) is 3.85. The Morgan fingerprint density at radius 3 is 2.93 bits per heavy atom. The van der Waals surface area contributed by atoms with Crippen molar-refractivity contribution in [1.82, 2.24) is 5.43 Å². The number of halogens is 1. The number of nitrogens with two attached hydrogens (primary N) is 1. The maximum absolute atomic E-state index is 5.96. The molecule has 0 heterocycles. The van der Waals surface area contributed by atoms with Crippen LogP contribution in [0, 0.1) is 6.92 Å². The minimum Gasteiger partial charge on any atom is -0.375 e. The van der Waals surface area contributed by atoms with E-state index < -0.39 is 0 Å². The number of rotatable bonds is 2. The zero-order valence-electron chi connectivity index (χ0n) is 7.62. The minimum atomic E-state index is 0.131. The third-order valence-electron chi connectivity index (χ3n) is 1.64. The van der Waals surface area contributed by atoms with Gasteiger partial charge in [-0.25, -0.2) is 0 Å². The molecule has 3 nitrogen and oxygen atoms in total. The molecule has 3 N–H and O–H groups in total. The van der Waals surface area contributed by atoms with Crippen LogP contribution in [0.15, 0.2) is 23.3 Å². The quantitative estimate of drug-likeness (QED) is 0.460. The number of nitrogens with one attached hydrogen (secondary N) is 1. The Bertz CT molecular complexity index is 356. The molecule has 0 spiro atoms. The summed E-state index contributed by atoms with van der Waals surface area (Å²) in [6.07, 6.45) is 1.59. The van der Waals surface area contributed by atoms with Gasteiger partial charge in [-0.05, 0) is 30.8 Å². The number of benzene rings is 1. The molecule has 0 unspecified atom stereocenters. The average Bonchev–Trinajstić information content (AvgIpc) is 2.09. The molecule has 1 aromatic rings. The van der Waals surface area contributed by atoms with Crippen LogP contribution in [0.25, 0.3) is 0 Å². The van der Waals surface area contributed by atoms with Gasteiger partial charge in [-0.2, -0.15) is 5.10 Å². The van der Waals surface area contributed by atoms with Gasteiger partial charge in [0.15, 0.2) is 5.11 Å². The molecule has 0 radical (unpaired) electrons. The number of aryl methyl sites for hydroxylation is 1. The van der Waals surface area contributed by atoms with E-state index in [0.29, 0.717) is 5.02 Å². The molecular weight excluding hydrogens is 218 g/mol. The van der Waals surface area contributed by atoms with Crippen LogP contribution in [0.3, 0.4) is 0 Å². The van der Waals surface area contributed by atoms with Gasteiger partial charge in [0, 0.05) is 10.6 Å². The highest BCUT2D eigenvalue weighted by Gasteiger charge is 1.99. The van der Waals surface area contributed by atoms with Crippen LogP contribution < -0.4 is 11.2 Å². The third-order valence-corrected chi connectivity index (χ3v) is 2.06. The summed E-state index contributed by atoms with van der Waals surface area (Å²) in [5.41, 5.74) is 9.58. The number of hydrogen-bond donors (Lipinski definition) is 2. The van der Waals surface area contributed by atoms with Crippen molar-refractivity contribution in [3.63, 3.8) is 0 Å². The van der Waals surface area contributed by atoms with Crippen LogP contribution in [0.4, 0.5) is 0 Å². The van der Waals surface area contributed by atoms with Crippen molar-refractivity contribution < 1.29 is 0 Å². The van der Waals surface area contributed by atoms with Crippen LogP contribution in [0.2, 0.25) is 5.02 Å². The van der Waals surface area contributed by atoms with E-state index in [1.165, 1.54) is 0 Å². The van der Waals surface area contributed by atoms with Crippen LogP contribution >= 0.6 is 23.8 Å². The fourth-order valence-electron chi connectivity index (χ4n) is 0.969. The average molecular weight is 228 g/mol. The molecule has 0 saturated heterocycles. The van der Waals surface area contributed by atoms with Gasteiger partial charge in [-0.3, -0.25) is 5.43 Å². The second kappa shape index (κ2) is 4.93. The maximum Gasteiger partial charge on any atom is 0.184 e. The molecule has 1 aromatic carbocycles. The fraction of sp³-hybridized carbons (Fsp3) is 0.111. The molecular formula is C9H10ClN3S. The summed E-state index contributed by atoms with van der Waals surface area (Å²) in [5, 5.41) is 4.62. The lowest BCUT2D eigenvalue weighted by Gasteiger charge is -2.01. The normalized spacial score (nSPS) is 10.4. The van der Waals surface area contributed by atoms with Gasteiger partial charge in [0.25, 0.3) is 0 Å². The molecule has 5 heteroatoms. The fourth-order valence-corrected chi connectivity index (χ4v) is 1.29. The summed E-state index contributed by atoms with van der Waals surface area (Å²) in [7, 11) is 0. The highest BCUT2D eigenvalue weighted by Crippen LogP contribution is 2.16. The van der Waals surface area contributed by atoms with Crippen LogP contribution in [0.1, 0.15) is 11.1 Å². The zero-order chi connectivity index (χ0) is 10.6. The number of thiocarbonyl (C=S) groups is 1. The lowest BCUT2D eigenvalue weighted by atomic mass is 10.1. The summed E-state index contributed by atoms with van der Waals surface area (Å²) >= 11 is 10.6. The molecule has 0 aliphatic rings. The van der Waals surface area contributed by atoms with Gasteiger partial charge in [-0.15, -0.1) is 0 Å². The van der Waals surface area contributed by atoms with E-state index >= 15 is 0 Å². The Balaban J connectivity index is 2.85. The predicted molar refractivity (Wildman–Crippen MR) is 63.7 cm³/mol. The van der Waals surface area contributed by atoms with Crippen LogP contribution in [-0.4, -0.2) is 11.3 Å². The van der Waals surface area contributed by atoms with Crippen LogP contribution in [0.5, 0.6) is 0 Å². The summed E-state index contributed by atoms with van der Waals surface area (Å²) < 4.78 is 0. The third kappa shape index (κ3) is 2.97. The first-order chi connectivity index (χ1) is 6.61. The number of hydrogen-bond acceptors (Lipinski definition) is 2. The van der Waals surface area contributed by atoms with Gasteiger partial charge >= 0.3 is 0 Å². The smallest absolute Gasteiger partial charge is 0.184 e. The van der Waals surface area contributed by atoms with E-state index in [2.05, 4.69) is 22.7 Å². The Morgan fingerprint density at radius 1 is 1.64 bits per heavy atom. The standard InChI is InChI=1S/C9H10ClN3S/c1-6-3-2-4-8(10)7(6)5-12-13-9(11)14/h2-5H,1H3,(H3,11,13,14)/b12-5-. The highest BCUT2D eigenvalue weighted by molar-refractivity contribution is 7.80. The number of hydrazone groups is 1.